The second-order valence-electron chi connectivity index (χ2n) is 3.13. The fraction of sp³-hybridized carbons (Fsp3) is 0.500. The number of aliphatic hydroxyl groups excluding tert-OH is 1. The van der Waals surface area contributed by atoms with Gasteiger partial charge in [-0.15, -0.1) is 11.8 Å². The Morgan fingerprint density at radius 2 is 2.33 bits per heavy atom. The molecule has 15 heavy (non-hydrogen) atoms. The SMILES string of the molecule is O=C([O-])C1=C(CO)CS[C@H]2CC(=O)N12.[Na+]. The largest absolute Gasteiger partial charge is 1.00 e. The van der Waals surface area contributed by atoms with Crippen LogP contribution in [0.4, 0.5) is 0 Å². The quantitative estimate of drug-likeness (QED) is 0.385. The third-order valence-electron chi connectivity index (χ3n) is 2.32. The zero-order valence-corrected chi connectivity index (χ0v) is 11.0. The van der Waals surface area contributed by atoms with E-state index >= 15 is 0 Å². The minimum atomic E-state index is -1.38. The molecular weight excluding hydrogens is 229 g/mol. The molecule has 7 heteroatoms. The maximum absolute atomic E-state index is 11.1. The van der Waals surface area contributed by atoms with E-state index in [1.807, 2.05) is 0 Å². The zero-order chi connectivity index (χ0) is 10.3. The van der Waals surface area contributed by atoms with Crippen LogP contribution in [0, 0.1) is 0 Å². The molecule has 1 fully saturated rings. The molecule has 0 aliphatic carbocycles. The molecule has 0 spiro atoms. The van der Waals surface area contributed by atoms with Crippen LogP contribution in [0.15, 0.2) is 11.3 Å². The van der Waals surface area contributed by atoms with E-state index in [9.17, 15) is 14.7 Å². The van der Waals surface area contributed by atoms with E-state index in [0.29, 0.717) is 17.7 Å². The van der Waals surface area contributed by atoms with Crippen LogP contribution >= 0.6 is 11.8 Å². The number of hydrogen-bond acceptors (Lipinski definition) is 5. The standard InChI is InChI=1S/C8H9NO4S.Na/c10-2-4-3-14-6-1-5(11)9(6)7(4)8(12)13;/h6,10H,1-3H2,(H,12,13);/q;+1/p-1/t6-;/m0./s1. The molecule has 0 aromatic heterocycles. The third-order valence-corrected chi connectivity index (χ3v) is 3.59. The molecule has 0 unspecified atom stereocenters. The van der Waals surface area contributed by atoms with Crippen LogP contribution in [-0.2, 0) is 9.59 Å². The normalized spacial score (nSPS) is 24.2. The first-order chi connectivity index (χ1) is 6.65. The fourth-order valence-corrected chi connectivity index (χ4v) is 2.84. The number of amides is 1. The number of rotatable bonds is 2. The summed E-state index contributed by atoms with van der Waals surface area (Å²) in [7, 11) is 0. The van der Waals surface area contributed by atoms with Gasteiger partial charge in [-0.25, -0.2) is 0 Å². The third kappa shape index (κ3) is 2.09. The van der Waals surface area contributed by atoms with Crippen LogP contribution in [0.2, 0.25) is 0 Å². The molecule has 76 valence electrons. The van der Waals surface area contributed by atoms with Crippen LogP contribution in [0.25, 0.3) is 0 Å². The number of carbonyl (C=O) groups excluding carboxylic acids is 2. The Labute approximate surface area is 113 Å². The predicted molar refractivity (Wildman–Crippen MR) is 46.8 cm³/mol. The van der Waals surface area contributed by atoms with Crippen molar-refractivity contribution in [2.45, 2.75) is 11.8 Å². The maximum Gasteiger partial charge on any atom is 1.00 e. The zero-order valence-electron chi connectivity index (χ0n) is 8.23. The van der Waals surface area contributed by atoms with Crippen molar-refractivity contribution in [1.29, 1.82) is 0 Å². The molecule has 2 aliphatic rings. The second-order valence-corrected chi connectivity index (χ2v) is 4.30. The molecular formula is C8H8NNaO4S. The van der Waals surface area contributed by atoms with Crippen molar-refractivity contribution in [3.63, 3.8) is 0 Å². The summed E-state index contributed by atoms with van der Waals surface area (Å²) < 4.78 is 0. The van der Waals surface area contributed by atoms with Gasteiger partial charge in [-0.3, -0.25) is 9.69 Å². The summed E-state index contributed by atoms with van der Waals surface area (Å²) in [4.78, 5) is 23.1. The molecule has 0 aromatic rings. The van der Waals surface area contributed by atoms with E-state index in [-0.39, 0.29) is 53.1 Å². The Balaban J connectivity index is 0.00000112. The summed E-state index contributed by atoms with van der Waals surface area (Å²) >= 11 is 1.47. The molecule has 5 nitrogen and oxygen atoms in total. The number of fused-ring (bicyclic) bond motifs is 1. The number of aliphatic hydroxyl groups is 1. The average molecular weight is 237 g/mol. The van der Waals surface area contributed by atoms with Crippen molar-refractivity contribution >= 4 is 23.6 Å². The number of hydrogen-bond donors (Lipinski definition) is 1. The number of carboxylic acid groups (broad SMARTS) is 1. The molecule has 0 saturated carbocycles. The van der Waals surface area contributed by atoms with Gasteiger partial charge in [-0.2, -0.15) is 0 Å². The number of nitrogens with zero attached hydrogens (tertiary/aromatic N) is 1. The molecule has 0 radical (unpaired) electrons. The van der Waals surface area contributed by atoms with Crippen molar-refractivity contribution in [1.82, 2.24) is 4.90 Å². The Morgan fingerprint density at radius 1 is 1.67 bits per heavy atom. The number of β-lactam (4-membered cyclic amide) rings is 1. The smallest absolute Gasteiger partial charge is 0.543 e. The minimum absolute atomic E-state index is 0. The summed E-state index contributed by atoms with van der Waals surface area (Å²) in [5, 5.41) is 19.6. The van der Waals surface area contributed by atoms with Crippen LogP contribution in [0.1, 0.15) is 6.42 Å². The number of carboxylic acids is 1. The first-order valence-corrected chi connectivity index (χ1v) is 5.18. The van der Waals surface area contributed by atoms with Crippen molar-refractivity contribution in [2.24, 2.45) is 0 Å². The second kappa shape index (κ2) is 4.88. The number of aliphatic carboxylic acids is 1. The molecule has 1 amide bonds. The Hall–Kier alpha value is -0.0100. The summed E-state index contributed by atoms with van der Waals surface area (Å²) in [5.41, 5.74) is 0.229. The Morgan fingerprint density at radius 3 is 2.80 bits per heavy atom. The van der Waals surface area contributed by atoms with Crippen LogP contribution in [0.5, 0.6) is 0 Å². The molecule has 0 aromatic carbocycles. The van der Waals surface area contributed by atoms with E-state index in [2.05, 4.69) is 0 Å². The van der Waals surface area contributed by atoms with Crippen LogP contribution in [0.3, 0.4) is 0 Å². The van der Waals surface area contributed by atoms with E-state index in [0.717, 1.165) is 0 Å². The fourth-order valence-electron chi connectivity index (χ4n) is 1.59. The van der Waals surface area contributed by atoms with Gasteiger partial charge in [0.1, 0.15) is 0 Å². The van der Waals surface area contributed by atoms with E-state index < -0.39 is 5.97 Å². The van der Waals surface area contributed by atoms with Gasteiger partial charge in [0.25, 0.3) is 0 Å². The number of carbonyl (C=O) groups is 2. The maximum atomic E-state index is 11.1. The van der Waals surface area contributed by atoms with Gasteiger partial charge < -0.3 is 15.0 Å². The monoisotopic (exact) mass is 237 g/mol. The first kappa shape index (κ1) is 13.1. The van der Waals surface area contributed by atoms with Gasteiger partial charge in [0.2, 0.25) is 5.91 Å². The number of thioether (sulfide) groups is 1. The predicted octanol–water partition coefficient (Wildman–Crippen LogP) is -4.71. The van der Waals surface area contributed by atoms with Crippen molar-refractivity contribution < 1.29 is 49.4 Å². The summed E-state index contributed by atoms with van der Waals surface area (Å²) in [6.07, 6.45) is 0.375. The minimum Gasteiger partial charge on any atom is -0.543 e. The van der Waals surface area contributed by atoms with E-state index in [4.69, 9.17) is 5.11 Å². The van der Waals surface area contributed by atoms with Gasteiger partial charge in [0.05, 0.1) is 30.1 Å². The molecule has 2 heterocycles. The van der Waals surface area contributed by atoms with Gasteiger partial charge >= 0.3 is 29.6 Å². The Bertz CT molecular complexity index is 344. The first-order valence-electron chi connectivity index (χ1n) is 4.13. The van der Waals surface area contributed by atoms with Gasteiger partial charge in [0.15, 0.2) is 0 Å². The van der Waals surface area contributed by atoms with Crippen LogP contribution in [-0.4, -0.2) is 39.6 Å². The van der Waals surface area contributed by atoms with Crippen LogP contribution < -0.4 is 34.7 Å². The van der Waals surface area contributed by atoms with Gasteiger partial charge in [0, 0.05) is 5.75 Å². The summed E-state index contributed by atoms with van der Waals surface area (Å²) in [6.45, 7) is -0.340. The topological polar surface area (TPSA) is 80.7 Å². The molecule has 2 aliphatic heterocycles. The molecule has 0 bridgehead atoms. The summed E-state index contributed by atoms with van der Waals surface area (Å²) in [5.74, 6) is -1.14. The molecule has 1 N–H and O–H groups in total. The average Bonchev–Trinajstić information content (AvgIpc) is 2.15. The molecule has 1 atom stereocenters. The summed E-state index contributed by atoms with van der Waals surface area (Å²) in [6, 6.07) is 0. The van der Waals surface area contributed by atoms with Gasteiger partial charge in [-0.05, 0) is 5.57 Å². The van der Waals surface area contributed by atoms with Crippen molar-refractivity contribution in [3.05, 3.63) is 11.3 Å². The van der Waals surface area contributed by atoms with Crippen molar-refractivity contribution in [2.75, 3.05) is 12.4 Å². The van der Waals surface area contributed by atoms with Crippen molar-refractivity contribution in [3.8, 4) is 0 Å². The molecule has 2 rings (SSSR count). The van der Waals surface area contributed by atoms with Gasteiger partial charge in [-0.1, -0.05) is 0 Å². The Kier molecular flexibility index (Phi) is 4.25. The van der Waals surface area contributed by atoms with E-state index in [1.54, 1.807) is 0 Å². The van der Waals surface area contributed by atoms with E-state index in [1.165, 1.54) is 16.7 Å². The molecule has 1 saturated heterocycles.